The molecule has 1 aliphatic rings. The molecule has 0 saturated heterocycles. The third-order valence-corrected chi connectivity index (χ3v) is 11.0. The fourth-order valence-electron chi connectivity index (χ4n) is 3.07. The van der Waals surface area contributed by atoms with Crippen molar-refractivity contribution in [3.63, 3.8) is 0 Å². The van der Waals surface area contributed by atoms with E-state index in [0.29, 0.717) is 5.56 Å². The van der Waals surface area contributed by atoms with Crippen LogP contribution in [-0.2, 0) is 11.0 Å². The first kappa shape index (κ1) is 18.7. The number of nitriles is 1. The van der Waals surface area contributed by atoms with E-state index in [2.05, 4.69) is 66.6 Å². The van der Waals surface area contributed by atoms with E-state index in [4.69, 9.17) is 9.69 Å². The lowest BCUT2D eigenvalue weighted by Crippen LogP contribution is -2.45. The molecule has 2 aromatic rings. The van der Waals surface area contributed by atoms with Gasteiger partial charge in [-0.2, -0.15) is 5.26 Å². The van der Waals surface area contributed by atoms with E-state index in [-0.39, 0.29) is 10.6 Å². The van der Waals surface area contributed by atoms with Crippen molar-refractivity contribution in [2.75, 3.05) is 0 Å². The summed E-state index contributed by atoms with van der Waals surface area (Å²) in [6.07, 6.45) is 5.54. The van der Waals surface area contributed by atoms with Crippen LogP contribution in [0.1, 0.15) is 45.6 Å². The highest BCUT2D eigenvalue weighted by atomic mass is 79.9. The predicted molar refractivity (Wildman–Crippen MR) is 109 cm³/mol. The molecule has 1 saturated carbocycles. The van der Waals surface area contributed by atoms with Gasteiger partial charge in [0.25, 0.3) is 0 Å². The van der Waals surface area contributed by atoms with E-state index in [1.54, 1.807) is 0 Å². The summed E-state index contributed by atoms with van der Waals surface area (Å²) < 4.78 is 10.1. The number of fused-ring (bicyclic) bond motifs is 1. The van der Waals surface area contributed by atoms with Gasteiger partial charge in [0.05, 0.1) is 17.2 Å². The molecule has 25 heavy (non-hydrogen) atoms. The average molecular weight is 419 g/mol. The molecule has 1 heterocycles. The van der Waals surface area contributed by atoms with Crippen LogP contribution in [0.4, 0.5) is 0 Å². The Labute approximate surface area is 160 Å². The highest BCUT2D eigenvalue weighted by molar-refractivity contribution is 9.10. The molecule has 5 heteroatoms. The van der Waals surface area contributed by atoms with Crippen molar-refractivity contribution < 1.29 is 4.43 Å². The van der Waals surface area contributed by atoms with Crippen molar-refractivity contribution >= 4 is 35.2 Å². The number of halogens is 1. The van der Waals surface area contributed by atoms with Crippen LogP contribution in [0, 0.1) is 11.3 Å². The smallest absolute Gasteiger partial charge is 0.192 e. The minimum Gasteiger partial charge on any atom is -0.411 e. The van der Waals surface area contributed by atoms with Crippen molar-refractivity contribution in [3.05, 3.63) is 34.4 Å². The molecule has 0 bridgehead atoms. The maximum Gasteiger partial charge on any atom is 0.192 e. The van der Waals surface area contributed by atoms with Crippen molar-refractivity contribution in [3.8, 4) is 6.07 Å². The number of aromatic nitrogens is 1. The van der Waals surface area contributed by atoms with Crippen molar-refractivity contribution in [1.29, 1.82) is 5.26 Å². The molecule has 3 rings (SSSR count). The molecule has 0 N–H and O–H groups in total. The SMILES string of the molecule is CC(C)(C)[Si](C)(C)OC1(CCn2cc(Br)c3cc(C#N)ccc32)CC1. The van der Waals surface area contributed by atoms with Crippen LogP contribution in [0.2, 0.25) is 18.1 Å². The van der Waals surface area contributed by atoms with Crippen LogP contribution in [0.3, 0.4) is 0 Å². The van der Waals surface area contributed by atoms with Crippen molar-refractivity contribution in [2.24, 2.45) is 0 Å². The Kier molecular flexibility index (Phi) is 4.68. The molecular weight excluding hydrogens is 392 g/mol. The summed E-state index contributed by atoms with van der Waals surface area (Å²) in [6.45, 7) is 12.6. The van der Waals surface area contributed by atoms with Crippen LogP contribution in [0.25, 0.3) is 10.9 Å². The first-order valence-corrected chi connectivity index (χ1v) is 12.7. The summed E-state index contributed by atoms with van der Waals surface area (Å²) in [6, 6.07) is 8.11. The first-order chi connectivity index (χ1) is 11.6. The molecule has 0 amide bonds. The van der Waals surface area contributed by atoms with Gasteiger partial charge in [0, 0.05) is 28.1 Å². The number of hydrogen-bond donors (Lipinski definition) is 0. The summed E-state index contributed by atoms with van der Waals surface area (Å²) in [5, 5.41) is 10.5. The maximum atomic E-state index is 9.10. The van der Waals surface area contributed by atoms with Gasteiger partial charge in [-0.05, 0) is 71.5 Å². The summed E-state index contributed by atoms with van der Waals surface area (Å²) in [7, 11) is -1.73. The van der Waals surface area contributed by atoms with Gasteiger partial charge in [-0.1, -0.05) is 20.8 Å². The fourth-order valence-corrected chi connectivity index (χ4v) is 5.33. The predicted octanol–water partition coefficient (Wildman–Crippen LogP) is 6.22. The molecule has 0 aliphatic heterocycles. The topological polar surface area (TPSA) is 38.0 Å². The second kappa shape index (κ2) is 6.26. The zero-order chi connectivity index (χ0) is 18.5. The highest BCUT2D eigenvalue weighted by Gasteiger charge is 2.50. The second-order valence-corrected chi connectivity index (χ2v) is 14.4. The number of nitrogens with zero attached hydrogens (tertiary/aromatic N) is 2. The Hall–Kier alpha value is -1.09. The zero-order valence-corrected chi connectivity index (χ0v) is 18.4. The molecule has 1 fully saturated rings. The Balaban J connectivity index is 1.76. The number of aryl methyl sites for hydroxylation is 1. The zero-order valence-electron chi connectivity index (χ0n) is 15.8. The van der Waals surface area contributed by atoms with Crippen LogP contribution >= 0.6 is 15.9 Å². The molecular formula is C20H27BrN2OSi. The Morgan fingerprint density at radius 3 is 2.56 bits per heavy atom. The van der Waals surface area contributed by atoms with Crippen LogP contribution in [0.15, 0.2) is 28.9 Å². The molecule has 1 aromatic carbocycles. The lowest BCUT2D eigenvalue weighted by molar-refractivity contribution is 0.143. The van der Waals surface area contributed by atoms with Gasteiger partial charge in [0.2, 0.25) is 0 Å². The molecule has 0 unspecified atom stereocenters. The standard InChI is InChI=1S/C20H27BrN2OSi/c1-19(2,3)25(4,5)24-20(8-9-20)10-11-23-14-17(21)16-12-15(13-22)6-7-18(16)23/h6-7,12,14H,8-11H2,1-5H3. The quantitative estimate of drug-likeness (QED) is 0.540. The van der Waals surface area contributed by atoms with Gasteiger partial charge >= 0.3 is 0 Å². The van der Waals surface area contributed by atoms with Crippen molar-refractivity contribution in [1.82, 2.24) is 4.57 Å². The average Bonchev–Trinajstić information content (AvgIpc) is 3.21. The van der Waals surface area contributed by atoms with Gasteiger partial charge in [0.15, 0.2) is 8.32 Å². The summed E-state index contributed by atoms with van der Waals surface area (Å²) in [5.41, 5.74) is 1.96. The third kappa shape index (κ3) is 3.72. The minimum atomic E-state index is -1.73. The molecule has 134 valence electrons. The molecule has 0 atom stereocenters. The highest BCUT2D eigenvalue weighted by Crippen LogP contribution is 2.50. The summed E-state index contributed by atoms with van der Waals surface area (Å²) in [4.78, 5) is 0. The largest absolute Gasteiger partial charge is 0.411 e. The van der Waals surface area contributed by atoms with E-state index in [9.17, 15) is 0 Å². The molecule has 1 aliphatic carbocycles. The van der Waals surface area contributed by atoms with Gasteiger partial charge in [-0.3, -0.25) is 0 Å². The maximum absolute atomic E-state index is 9.10. The minimum absolute atomic E-state index is 0.0820. The van der Waals surface area contributed by atoms with Crippen LogP contribution in [-0.4, -0.2) is 18.5 Å². The Bertz CT molecular complexity index is 838. The van der Waals surface area contributed by atoms with Crippen LogP contribution in [0.5, 0.6) is 0 Å². The fraction of sp³-hybridized carbons (Fsp3) is 0.550. The normalized spacial score (nSPS) is 16.8. The van der Waals surface area contributed by atoms with Gasteiger partial charge in [0.1, 0.15) is 0 Å². The Morgan fingerprint density at radius 2 is 2.00 bits per heavy atom. The number of rotatable bonds is 5. The van der Waals surface area contributed by atoms with E-state index < -0.39 is 8.32 Å². The molecule has 3 nitrogen and oxygen atoms in total. The lowest BCUT2D eigenvalue weighted by atomic mass is 10.2. The van der Waals surface area contributed by atoms with E-state index in [1.165, 1.54) is 18.4 Å². The van der Waals surface area contributed by atoms with Crippen LogP contribution < -0.4 is 0 Å². The first-order valence-electron chi connectivity index (χ1n) is 8.96. The lowest BCUT2D eigenvalue weighted by Gasteiger charge is -2.39. The Morgan fingerprint density at radius 1 is 1.32 bits per heavy atom. The monoisotopic (exact) mass is 418 g/mol. The number of hydrogen-bond acceptors (Lipinski definition) is 2. The third-order valence-electron chi connectivity index (χ3n) is 5.86. The summed E-state index contributed by atoms with van der Waals surface area (Å²) >= 11 is 3.64. The van der Waals surface area contributed by atoms with E-state index in [0.717, 1.165) is 22.8 Å². The van der Waals surface area contributed by atoms with Gasteiger partial charge in [-0.15, -0.1) is 0 Å². The number of benzene rings is 1. The molecule has 0 spiro atoms. The van der Waals surface area contributed by atoms with E-state index in [1.807, 2.05) is 18.2 Å². The van der Waals surface area contributed by atoms with Gasteiger partial charge in [-0.25, -0.2) is 0 Å². The van der Waals surface area contributed by atoms with E-state index >= 15 is 0 Å². The van der Waals surface area contributed by atoms with Gasteiger partial charge < -0.3 is 8.99 Å². The molecule has 0 radical (unpaired) electrons. The second-order valence-electron chi connectivity index (χ2n) is 8.81. The molecule has 1 aromatic heterocycles. The van der Waals surface area contributed by atoms with Crippen molar-refractivity contribution in [2.45, 2.75) is 70.3 Å². The summed E-state index contributed by atoms with van der Waals surface area (Å²) in [5.74, 6) is 0.